The van der Waals surface area contributed by atoms with E-state index in [0.717, 1.165) is 31.1 Å². The molecule has 2 nitrogen and oxygen atoms in total. The van der Waals surface area contributed by atoms with E-state index in [1.807, 2.05) is 0 Å². The summed E-state index contributed by atoms with van der Waals surface area (Å²) in [6.07, 6.45) is 15.0. The molecule has 5 saturated carbocycles. The molecule has 0 amide bonds. The van der Waals surface area contributed by atoms with Crippen molar-refractivity contribution in [2.75, 3.05) is 0 Å². The minimum Gasteiger partial charge on any atom is -0.393 e. The Kier molecular flexibility index (Phi) is 4.25. The molecule has 0 bridgehead atoms. The summed E-state index contributed by atoms with van der Waals surface area (Å²) >= 11 is 0. The Morgan fingerprint density at radius 3 is 2.32 bits per heavy atom. The number of hydrogen-bond acceptors (Lipinski definition) is 2. The van der Waals surface area contributed by atoms with E-state index in [2.05, 4.69) is 27.7 Å². The van der Waals surface area contributed by atoms with Crippen LogP contribution in [0, 0.1) is 51.2 Å². The molecule has 9 unspecified atom stereocenters. The Bertz CT molecular complexity index is 659. The zero-order valence-electron chi connectivity index (χ0n) is 18.7. The average Bonchev–Trinajstić information content (AvgIpc) is 3.10. The third-order valence-electron chi connectivity index (χ3n) is 12.2. The van der Waals surface area contributed by atoms with Crippen molar-refractivity contribution in [3.63, 3.8) is 0 Å². The second-order valence-corrected chi connectivity index (χ2v) is 12.5. The van der Waals surface area contributed by atoms with Crippen LogP contribution in [0.4, 0.5) is 0 Å². The van der Waals surface area contributed by atoms with Crippen molar-refractivity contribution >= 4 is 6.29 Å². The lowest BCUT2D eigenvalue weighted by Crippen LogP contribution is -2.65. The molecule has 0 aromatic heterocycles. The highest BCUT2D eigenvalue weighted by Gasteiger charge is 2.68. The summed E-state index contributed by atoms with van der Waals surface area (Å²) in [6.45, 7) is 10.2. The number of carbonyl (C=O) groups excluding carboxylic acids is 1. The van der Waals surface area contributed by atoms with Gasteiger partial charge in [-0.2, -0.15) is 0 Å². The van der Waals surface area contributed by atoms with Gasteiger partial charge in [-0.3, -0.25) is 0 Å². The summed E-state index contributed by atoms with van der Waals surface area (Å²) in [7, 11) is 0. The highest BCUT2D eigenvalue weighted by molar-refractivity contribution is 5.61. The first-order chi connectivity index (χ1) is 13.2. The smallest absolute Gasteiger partial charge is 0.126 e. The van der Waals surface area contributed by atoms with Gasteiger partial charge >= 0.3 is 0 Å². The number of rotatable bonds is 1. The maximum atomic E-state index is 12.2. The van der Waals surface area contributed by atoms with Gasteiger partial charge < -0.3 is 9.90 Å². The van der Waals surface area contributed by atoms with E-state index in [0.29, 0.717) is 34.0 Å². The summed E-state index contributed by atoms with van der Waals surface area (Å²) in [6, 6.07) is 0. The van der Waals surface area contributed by atoms with E-state index < -0.39 is 0 Å². The van der Waals surface area contributed by atoms with Crippen molar-refractivity contribution < 1.29 is 9.90 Å². The van der Waals surface area contributed by atoms with Crippen LogP contribution in [0.25, 0.3) is 0 Å². The first kappa shape index (κ1) is 19.6. The van der Waals surface area contributed by atoms with Crippen LogP contribution in [0.2, 0.25) is 0 Å². The monoisotopic (exact) mass is 386 g/mol. The van der Waals surface area contributed by atoms with Gasteiger partial charge in [-0.15, -0.1) is 0 Å². The lowest BCUT2D eigenvalue weighted by Gasteiger charge is -2.71. The Labute approximate surface area is 172 Å². The fourth-order valence-electron chi connectivity index (χ4n) is 10.4. The molecule has 5 aliphatic rings. The van der Waals surface area contributed by atoms with E-state index >= 15 is 0 Å². The van der Waals surface area contributed by atoms with Crippen LogP contribution >= 0.6 is 0 Å². The van der Waals surface area contributed by atoms with Crippen LogP contribution in [0.5, 0.6) is 0 Å². The van der Waals surface area contributed by atoms with Crippen LogP contribution in [0.1, 0.15) is 98.3 Å². The van der Waals surface area contributed by atoms with Gasteiger partial charge in [0.1, 0.15) is 6.29 Å². The predicted octanol–water partition coefficient (Wildman–Crippen LogP) is 6.01. The zero-order chi connectivity index (χ0) is 19.9. The van der Waals surface area contributed by atoms with Gasteiger partial charge in [0.15, 0.2) is 0 Å². The molecular formula is C26H42O2. The summed E-state index contributed by atoms with van der Waals surface area (Å²) in [5.74, 6) is 3.34. The largest absolute Gasteiger partial charge is 0.393 e. The molecular weight excluding hydrogens is 344 g/mol. The van der Waals surface area contributed by atoms with Crippen molar-refractivity contribution in [1.82, 2.24) is 0 Å². The highest BCUT2D eigenvalue weighted by atomic mass is 16.3. The second kappa shape index (κ2) is 6.08. The standard InChI is InChI=1S/C26H42O2/c1-17-18-9-13-25(4)22(23(18,2)12-10-21(17)28)8-7-19-20-6-5-11-26(20,16-27)15-14-24(19,25)3/h16-22,28H,5-15H2,1-4H3/t17?,18?,19?,20?,21?,22?,23?,24-,25?,26?/m1/s1. The minimum atomic E-state index is -0.0873. The van der Waals surface area contributed by atoms with Crippen LogP contribution in [-0.2, 0) is 4.79 Å². The van der Waals surface area contributed by atoms with Crippen molar-refractivity contribution in [3.8, 4) is 0 Å². The molecule has 1 N–H and O–H groups in total. The molecule has 158 valence electrons. The molecule has 0 aliphatic heterocycles. The average molecular weight is 387 g/mol. The maximum absolute atomic E-state index is 12.2. The summed E-state index contributed by atoms with van der Waals surface area (Å²) in [5, 5.41) is 10.6. The molecule has 2 heteroatoms. The van der Waals surface area contributed by atoms with Crippen molar-refractivity contribution in [1.29, 1.82) is 0 Å². The Balaban J connectivity index is 1.52. The SMILES string of the molecule is CC1C(O)CCC2(C)C1CCC1(C)C2CCC2C3CCCC3(C=O)CC[C@]21C. The first-order valence-electron chi connectivity index (χ1n) is 12.4. The third-order valence-corrected chi connectivity index (χ3v) is 12.2. The van der Waals surface area contributed by atoms with Gasteiger partial charge in [0.2, 0.25) is 0 Å². The summed E-state index contributed by atoms with van der Waals surface area (Å²) in [4.78, 5) is 12.2. The number of aliphatic hydroxyl groups excluding tert-OH is 1. The van der Waals surface area contributed by atoms with Gasteiger partial charge in [-0.1, -0.05) is 34.1 Å². The molecule has 0 aromatic rings. The van der Waals surface area contributed by atoms with E-state index in [4.69, 9.17) is 0 Å². The molecule has 5 aliphatic carbocycles. The molecule has 0 spiro atoms. The van der Waals surface area contributed by atoms with Crippen molar-refractivity contribution in [2.24, 2.45) is 51.2 Å². The van der Waals surface area contributed by atoms with Crippen molar-refractivity contribution in [3.05, 3.63) is 0 Å². The Hall–Kier alpha value is -0.370. The van der Waals surface area contributed by atoms with Gasteiger partial charge in [0.25, 0.3) is 0 Å². The Morgan fingerprint density at radius 2 is 1.57 bits per heavy atom. The van der Waals surface area contributed by atoms with Crippen LogP contribution in [0.3, 0.4) is 0 Å². The topological polar surface area (TPSA) is 37.3 Å². The molecule has 0 heterocycles. The van der Waals surface area contributed by atoms with Crippen LogP contribution in [-0.4, -0.2) is 17.5 Å². The minimum absolute atomic E-state index is 0.0257. The predicted molar refractivity (Wildman–Crippen MR) is 113 cm³/mol. The molecule has 0 radical (unpaired) electrons. The highest BCUT2D eigenvalue weighted by Crippen LogP contribution is 2.75. The quantitative estimate of drug-likeness (QED) is 0.560. The van der Waals surface area contributed by atoms with Crippen molar-refractivity contribution in [2.45, 2.75) is 104 Å². The number of carbonyl (C=O) groups is 1. The number of aliphatic hydroxyl groups is 1. The van der Waals surface area contributed by atoms with E-state index in [1.165, 1.54) is 57.7 Å². The molecule has 5 rings (SSSR count). The van der Waals surface area contributed by atoms with E-state index in [9.17, 15) is 9.90 Å². The molecule has 5 fully saturated rings. The fourth-order valence-corrected chi connectivity index (χ4v) is 10.4. The van der Waals surface area contributed by atoms with E-state index in [-0.39, 0.29) is 11.5 Å². The lowest BCUT2D eigenvalue weighted by molar-refractivity contribution is -0.230. The van der Waals surface area contributed by atoms with Gasteiger partial charge in [0, 0.05) is 5.41 Å². The number of hydrogen-bond donors (Lipinski definition) is 1. The van der Waals surface area contributed by atoms with Gasteiger partial charge in [-0.05, 0) is 110 Å². The molecule has 0 aromatic carbocycles. The van der Waals surface area contributed by atoms with Crippen LogP contribution < -0.4 is 0 Å². The third kappa shape index (κ3) is 2.17. The fraction of sp³-hybridized carbons (Fsp3) is 0.962. The number of fused-ring (bicyclic) bond motifs is 7. The summed E-state index contributed by atoms with van der Waals surface area (Å²) in [5.41, 5.74) is 1.22. The van der Waals surface area contributed by atoms with E-state index in [1.54, 1.807) is 0 Å². The molecule has 10 atom stereocenters. The Morgan fingerprint density at radius 1 is 0.786 bits per heavy atom. The molecule has 28 heavy (non-hydrogen) atoms. The maximum Gasteiger partial charge on any atom is 0.126 e. The first-order valence-corrected chi connectivity index (χ1v) is 12.4. The van der Waals surface area contributed by atoms with Gasteiger partial charge in [-0.25, -0.2) is 0 Å². The molecule has 0 saturated heterocycles. The normalized spacial score (nSPS) is 60.9. The lowest BCUT2D eigenvalue weighted by atomic mass is 9.33. The second-order valence-electron chi connectivity index (χ2n) is 12.5. The summed E-state index contributed by atoms with van der Waals surface area (Å²) < 4.78 is 0. The van der Waals surface area contributed by atoms with Crippen LogP contribution in [0.15, 0.2) is 0 Å². The van der Waals surface area contributed by atoms with Gasteiger partial charge in [0.05, 0.1) is 6.10 Å². The zero-order valence-corrected chi connectivity index (χ0v) is 18.7. The number of aldehydes is 1.